The second-order valence-corrected chi connectivity index (χ2v) is 13.3. The molecular weight excluding hydrogens is 507 g/mol. The summed E-state index contributed by atoms with van der Waals surface area (Å²) in [5, 5.41) is 8.77. The molecule has 6 nitrogen and oxygen atoms in total. The van der Waals surface area contributed by atoms with Gasteiger partial charge in [0.25, 0.3) is 5.66 Å². The maximum absolute atomic E-state index is 15.2. The minimum atomic E-state index is -6.27. The molecule has 4 aromatic rings. The van der Waals surface area contributed by atoms with Crippen LogP contribution in [0.4, 0.5) is 8.78 Å². The largest absolute Gasteiger partial charge is 0.806 e. The second kappa shape index (κ2) is 9.67. The van der Waals surface area contributed by atoms with E-state index >= 15 is 8.78 Å². The third kappa shape index (κ3) is 5.18. The average Bonchev–Trinajstić information content (AvgIpc) is 3.24. The second-order valence-electron chi connectivity index (χ2n) is 11.7. The number of nitrogens with zero attached hydrogens (tertiary/aromatic N) is 3. The van der Waals surface area contributed by atoms with Crippen molar-refractivity contribution in [3.8, 4) is 0 Å². The number of hydrogen-bond acceptors (Lipinski definition) is 5. The number of fused-ring (bicyclic) bond motifs is 1. The number of hydrogen-bond donors (Lipinski definition) is 0. The molecule has 0 N–H and O–H groups in total. The van der Waals surface area contributed by atoms with E-state index in [2.05, 4.69) is 10.3 Å². The fourth-order valence-electron chi connectivity index (χ4n) is 5.20. The molecule has 4 rings (SSSR count). The number of alkyl halides is 2. The Kier molecular flexibility index (Phi) is 7.15. The fraction of sp³-hybridized carbons (Fsp3) is 0.379. The van der Waals surface area contributed by atoms with Gasteiger partial charge < -0.3 is 14.4 Å². The molecule has 0 saturated heterocycles. The zero-order valence-corrected chi connectivity index (χ0v) is 23.3. The predicted molar refractivity (Wildman–Crippen MR) is 141 cm³/mol. The van der Waals surface area contributed by atoms with E-state index < -0.39 is 29.7 Å². The summed E-state index contributed by atoms with van der Waals surface area (Å²) < 4.78 is 43.9. The van der Waals surface area contributed by atoms with Crippen LogP contribution in [0, 0.1) is 0 Å². The maximum Gasteiger partial charge on any atom is 0.297 e. The highest BCUT2D eigenvalue weighted by atomic mass is 31.2. The lowest BCUT2D eigenvalue weighted by molar-refractivity contribution is -0.335. The van der Waals surface area contributed by atoms with Gasteiger partial charge in [-0.15, -0.1) is 5.10 Å². The van der Waals surface area contributed by atoms with Crippen LogP contribution in [-0.4, -0.2) is 15.0 Å². The Labute approximate surface area is 221 Å². The van der Waals surface area contributed by atoms with Gasteiger partial charge >= 0.3 is 0 Å². The molecule has 0 radical (unpaired) electrons. The molecule has 0 bridgehead atoms. The minimum Gasteiger partial charge on any atom is -0.806 e. The third-order valence-electron chi connectivity index (χ3n) is 6.73. The van der Waals surface area contributed by atoms with Crippen LogP contribution in [0.25, 0.3) is 11.0 Å². The van der Waals surface area contributed by atoms with E-state index in [1.807, 2.05) is 80.1 Å². The number of halogens is 2. The smallest absolute Gasteiger partial charge is 0.297 e. The highest BCUT2D eigenvalue weighted by Crippen LogP contribution is 2.56. The first-order valence-electron chi connectivity index (χ1n) is 12.5. The Balaban J connectivity index is 2.01. The van der Waals surface area contributed by atoms with Gasteiger partial charge in [0.05, 0.1) is 11.6 Å². The highest BCUT2D eigenvalue weighted by molar-refractivity contribution is 7.49. The lowest BCUT2D eigenvalue weighted by atomic mass is 9.70. The zero-order chi connectivity index (χ0) is 28.1. The molecule has 1 atom stereocenters. The first kappa shape index (κ1) is 28.1. The van der Waals surface area contributed by atoms with Crippen molar-refractivity contribution in [2.45, 2.75) is 70.5 Å². The van der Waals surface area contributed by atoms with Crippen LogP contribution >= 0.6 is 7.60 Å². The molecule has 0 aliphatic heterocycles. The average molecular weight is 540 g/mol. The monoisotopic (exact) mass is 539 g/mol. The molecule has 202 valence electrons. The van der Waals surface area contributed by atoms with Crippen molar-refractivity contribution in [1.82, 2.24) is 15.0 Å². The molecule has 1 aromatic heterocycles. The summed E-state index contributed by atoms with van der Waals surface area (Å²) >= 11 is 0. The topological polar surface area (TPSA) is 93.9 Å². The molecule has 1 unspecified atom stereocenters. The van der Waals surface area contributed by atoms with Crippen LogP contribution in [0.2, 0.25) is 0 Å². The van der Waals surface area contributed by atoms with E-state index in [-0.39, 0.29) is 11.6 Å². The van der Waals surface area contributed by atoms with Crippen LogP contribution in [0.3, 0.4) is 0 Å². The summed E-state index contributed by atoms with van der Waals surface area (Å²) in [6, 6.07) is 19.6. The summed E-state index contributed by atoms with van der Waals surface area (Å²) in [6.45, 7) is 11.0. The summed E-state index contributed by atoms with van der Waals surface area (Å²) in [5.74, 6) is 0. The van der Waals surface area contributed by atoms with Crippen LogP contribution in [-0.2, 0) is 27.5 Å². The Bertz CT molecular complexity index is 1500. The van der Waals surface area contributed by atoms with Gasteiger partial charge in [-0.2, -0.15) is 8.78 Å². The molecule has 0 spiro atoms. The molecule has 0 amide bonds. The molecule has 9 heteroatoms. The van der Waals surface area contributed by atoms with E-state index in [0.29, 0.717) is 12.0 Å². The van der Waals surface area contributed by atoms with Crippen LogP contribution in [0.15, 0.2) is 66.7 Å². The van der Waals surface area contributed by atoms with E-state index in [9.17, 15) is 14.4 Å². The molecule has 0 fully saturated rings. The lowest BCUT2D eigenvalue weighted by Gasteiger charge is -2.42. The highest BCUT2D eigenvalue weighted by Gasteiger charge is 2.43. The van der Waals surface area contributed by atoms with Crippen LogP contribution < -0.4 is 9.79 Å². The van der Waals surface area contributed by atoms with Gasteiger partial charge in [0, 0.05) is 13.2 Å². The molecule has 3 aromatic carbocycles. The predicted octanol–water partition coefficient (Wildman–Crippen LogP) is 5.82. The van der Waals surface area contributed by atoms with E-state index in [1.54, 1.807) is 20.8 Å². The zero-order valence-electron chi connectivity index (χ0n) is 22.4. The minimum absolute atomic E-state index is 0.176. The van der Waals surface area contributed by atoms with Gasteiger partial charge in [-0.25, -0.2) is 4.68 Å². The Morgan fingerprint density at radius 1 is 0.842 bits per heavy atom. The van der Waals surface area contributed by atoms with Gasteiger partial charge in [0.2, 0.25) is 0 Å². The summed E-state index contributed by atoms with van der Waals surface area (Å²) in [4.78, 5) is 23.4. The van der Waals surface area contributed by atoms with Crippen molar-refractivity contribution in [2.75, 3.05) is 0 Å². The Morgan fingerprint density at radius 3 is 2.00 bits per heavy atom. The van der Waals surface area contributed by atoms with E-state index in [1.165, 1.54) is 6.07 Å². The van der Waals surface area contributed by atoms with Gasteiger partial charge in [-0.05, 0) is 51.6 Å². The van der Waals surface area contributed by atoms with E-state index in [4.69, 9.17) is 0 Å². The normalized spacial score (nSPS) is 14.2. The Morgan fingerprint density at radius 2 is 1.42 bits per heavy atom. The molecular formula is C29H32F2N3O3P-2. The van der Waals surface area contributed by atoms with Crippen molar-refractivity contribution in [1.29, 1.82) is 0 Å². The Hall–Kier alpha value is -2.93. The van der Waals surface area contributed by atoms with Crippen molar-refractivity contribution in [3.05, 3.63) is 94.5 Å². The van der Waals surface area contributed by atoms with Gasteiger partial charge in [0.15, 0.2) is 0 Å². The van der Waals surface area contributed by atoms with Crippen molar-refractivity contribution < 1.29 is 23.1 Å². The molecule has 1 heterocycles. The lowest BCUT2D eigenvalue weighted by Crippen LogP contribution is -2.35. The SMILES string of the molecule is CC(C)(C)c1c(CC(c2ccccc2)n2nnc3ccccc32)ccc(C(F)(F)P(=O)([O-])[O-])c1C(C)(C)C. The maximum atomic E-state index is 15.2. The number of benzene rings is 3. The van der Waals surface area contributed by atoms with Crippen molar-refractivity contribution >= 4 is 18.6 Å². The van der Waals surface area contributed by atoms with Gasteiger partial charge in [-0.1, -0.05) is 101 Å². The molecule has 0 saturated carbocycles. The first-order chi connectivity index (χ1) is 17.5. The number of rotatable bonds is 6. The van der Waals surface area contributed by atoms with Crippen LogP contribution in [0.5, 0.6) is 0 Å². The third-order valence-corrected chi connectivity index (χ3v) is 7.66. The van der Waals surface area contributed by atoms with Crippen molar-refractivity contribution in [2.24, 2.45) is 0 Å². The van der Waals surface area contributed by atoms with Gasteiger partial charge in [0.1, 0.15) is 5.52 Å². The quantitative estimate of drug-likeness (QED) is 0.288. The fourth-order valence-corrected chi connectivity index (χ4v) is 5.68. The molecule has 38 heavy (non-hydrogen) atoms. The summed E-state index contributed by atoms with van der Waals surface area (Å²) in [7, 11) is -6.27. The van der Waals surface area contributed by atoms with Crippen molar-refractivity contribution in [3.63, 3.8) is 0 Å². The number of aromatic nitrogens is 3. The molecule has 0 aliphatic carbocycles. The standard InChI is InChI=1S/C29H34F2N3O3P/c1-27(2,3)25-20(16-17-21(26(25)28(4,5)6)29(30,31)38(35,36)37)18-24(19-12-8-7-9-13-19)34-23-15-11-10-14-22(23)32-33-34/h7-17,24H,18H2,1-6H3,(H2,35,36,37)/p-2. The summed E-state index contributed by atoms with van der Waals surface area (Å²) in [5.41, 5.74) is -2.77. The van der Waals surface area contributed by atoms with Gasteiger partial charge in [-0.3, -0.25) is 0 Å². The van der Waals surface area contributed by atoms with Crippen LogP contribution in [0.1, 0.15) is 75.4 Å². The summed E-state index contributed by atoms with van der Waals surface area (Å²) in [6.07, 6.45) is 0.380. The molecule has 0 aliphatic rings. The number of para-hydroxylation sites is 1. The van der Waals surface area contributed by atoms with E-state index in [0.717, 1.165) is 28.2 Å². The first-order valence-corrected chi connectivity index (χ1v) is 14.0.